The monoisotopic (exact) mass is 450 g/mol. The van der Waals surface area contributed by atoms with Gasteiger partial charge in [0.2, 0.25) is 0 Å². The Bertz CT molecular complexity index is 1130. The summed E-state index contributed by atoms with van der Waals surface area (Å²) in [6, 6.07) is 15.5. The zero-order valence-electron chi connectivity index (χ0n) is 17.3. The molecule has 1 aliphatic heterocycles. The van der Waals surface area contributed by atoms with Crippen LogP contribution in [0, 0.1) is 0 Å². The number of para-hydroxylation sites is 2. The molecule has 0 spiro atoms. The third kappa shape index (κ3) is 5.25. The minimum absolute atomic E-state index is 0.301. The molecule has 8 heteroatoms. The van der Waals surface area contributed by atoms with Crippen LogP contribution >= 0.6 is 11.6 Å². The second kappa shape index (κ2) is 9.80. The van der Waals surface area contributed by atoms with Crippen LogP contribution in [-0.4, -0.2) is 40.1 Å². The van der Waals surface area contributed by atoms with Crippen molar-refractivity contribution in [2.45, 2.75) is 19.4 Å². The third-order valence-electron chi connectivity index (χ3n) is 5.34. The highest BCUT2D eigenvalue weighted by molar-refractivity contribution is 6.33. The number of likely N-dealkylation sites (tertiary alicyclic amines) is 1. The van der Waals surface area contributed by atoms with Crippen molar-refractivity contribution in [2.24, 2.45) is 0 Å². The average Bonchev–Trinajstić information content (AvgIpc) is 3.28. The molecule has 0 saturated carbocycles. The molecule has 1 saturated heterocycles. The van der Waals surface area contributed by atoms with Gasteiger partial charge in [-0.25, -0.2) is 4.79 Å². The molecule has 164 valence electrons. The van der Waals surface area contributed by atoms with E-state index in [9.17, 15) is 9.59 Å². The number of benzene rings is 2. The number of rotatable bonds is 6. The van der Waals surface area contributed by atoms with Crippen LogP contribution in [0.15, 0.2) is 60.8 Å². The van der Waals surface area contributed by atoms with Crippen LogP contribution in [0.4, 0.5) is 16.2 Å². The first-order valence-corrected chi connectivity index (χ1v) is 10.7. The number of carboxylic acid groups (broad SMARTS) is 1. The number of anilines is 2. The molecule has 0 atom stereocenters. The molecule has 0 bridgehead atoms. The molecular formula is C24H23ClN4O3. The maximum absolute atomic E-state index is 12.6. The first-order valence-electron chi connectivity index (χ1n) is 10.4. The quantitative estimate of drug-likeness (QED) is 0.471. The predicted octanol–water partition coefficient (Wildman–Crippen LogP) is 5.34. The zero-order valence-corrected chi connectivity index (χ0v) is 18.1. The van der Waals surface area contributed by atoms with Gasteiger partial charge in [0.25, 0.3) is 5.91 Å². The van der Waals surface area contributed by atoms with Gasteiger partial charge in [0, 0.05) is 23.9 Å². The number of amides is 2. The highest BCUT2D eigenvalue weighted by atomic mass is 35.5. The van der Waals surface area contributed by atoms with Gasteiger partial charge in [0.05, 0.1) is 22.1 Å². The molecule has 1 aliphatic rings. The molecule has 32 heavy (non-hydrogen) atoms. The number of aromatic nitrogens is 1. The average molecular weight is 451 g/mol. The van der Waals surface area contributed by atoms with Crippen molar-refractivity contribution in [3.8, 4) is 11.3 Å². The minimum Gasteiger partial charge on any atom is -0.465 e. The summed E-state index contributed by atoms with van der Waals surface area (Å²) in [6.45, 7) is 3.07. The van der Waals surface area contributed by atoms with Gasteiger partial charge >= 0.3 is 6.09 Å². The second-order valence-electron chi connectivity index (χ2n) is 7.66. The second-order valence-corrected chi connectivity index (χ2v) is 8.07. The van der Waals surface area contributed by atoms with Gasteiger partial charge in [-0.3, -0.25) is 20.0 Å². The number of carbonyl (C=O) groups is 2. The Labute approximate surface area is 191 Å². The third-order valence-corrected chi connectivity index (χ3v) is 5.63. The Hall–Kier alpha value is -3.42. The van der Waals surface area contributed by atoms with E-state index in [4.69, 9.17) is 16.7 Å². The van der Waals surface area contributed by atoms with Gasteiger partial charge in [-0.2, -0.15) is 0 Å². The van der Waals surface area contributed by atoms with Crippen molar-refractivity contribution in [1.82, 2.24) is 9.88 Å². The van der Waals surface area contributed by atoms with Gasteiger partial charge < -0.3 is 10.4 Å². The lowest BCUT2D eigenvalue weighted by molar-refractivity contribution is 0.102. The number of hydrogen-bond acceptors (Lipinski definition) is 4. The number of halogens is 1. The zero-order chi connectivity index (χ0) is 22.5. The molecule has 3 aromatic rings. The fourth-order valence-electron chi connectivity index (χ4n) is 3.77. The standard InChI is InChI=1S/C24H23ClN4O3/c25-19-13-16(15-29-11-3-4-12-29)14-26-22(19)17-7-9-18(10-8-17)23(30)27-20-5-1-2-6-21(20)28-24(31)32/h1-2,5-10,13-14,28H,3-4,11-12,15H2,(H,27,30)(H,31,32). The highest BCUT2D eigenvalue weighted by Crippen LogP contribution is 2.28. The van der Waals surface area contributed by atoms with Crippen LogP contribution in [0.25, 0.3) is 11.3 Å². The Balaban J connectivity index is 1.46. The summed E-state index contributed by atoms with van der Waals surface area (Å²) >= 11 is 6.50. The van der Waals surface area contributed by atoms with Gasteiger partial charge in [-0.05, 0) is 61.8 Å². The Morgan fingerprint density at radius 2 is 1.66 bits per heavy atom. The first-order chi connectivity index (χ1) is 15.5. The van der Waals surface area contributed by atoms with E-state index < -0.39 is 6.09 Å². The van der Waals surface area contributed by atoms with Crippen molar-refractivity contribution in [3.63, 3.8) is 0 Å². The number of pyridine rings is 1. The summed E-state index contributed by atoms with van der Waals surface area (Å²) in [5, 5.41) is 14.5. The Morgan fingerprint density at radius 1 is 1.00 bits per heavy atom. The molecule has 4 rings (SSSR count). The van der Waals surface area contributed by atoms with E-state index in [2.05, 4.69) is 20.5 Å². The fraction of sp³-hybridized carbons (Fsp3) is 0.208. The minimum atomic E-state index is -1.20. The van der Waals surface area contributed by atoms with Gasteiger partial charge in [-0.15, -0.1) is 0 Å². The van der Waals surface area contributed by atoms with E-state index in [1.165, 1.54) is 12.8 Å². The van der Waals surface area contributed by atoms with Crippen molar-refractivity contribution < 1.29 is 14.7 Å². The van der Waals surface area contributed by atoms with Crippen LogP contribution in [0.2, 0.25) is 5.02 Å². The molecule has 0 radical (unpaired) electrons. The molecule has 3 N–H and O–H groups in total. The van der Waals surface area contributed by atoms with Crippen LogP contribution in [0.5, 0.6) is 0 Å². The first kappa shape index (κ1) is 21.8. The van der Waals surface area contributed by atoms with Crippen molar-refractivity contribution in [2.75, 3.05) is 23.7 Å². The summed E-state index contributed by atoms with van der Waals surface area (Å²) in [4.78, 5) is 30.5. The molecular weight excluding hydrogens is 428 g/mol. The van der Waals surface area contributed by atoms with Crippen LogP contribution in [0.3, 0.4) is 0 Å². The molecule has 1 fully saturated rings. The fourth-order valence-corrected chi connectivity index (χ4v) is 4.06. The van der Waals surface area contributed by atoms with E-state index >= 15 is 0 Å². The summed E-state index contributed by atoms with van der Waals surface area (Å²) < 4.78 is 0. The van der Waals surface area contributed by atoms with E-state index in [-0.39, 0.29) is 5.91 Å². The molecule has 7 nitrogen and oxygen atoms in total. The molecule has 2 heterocycles. The van der Waals surface area contributed by atoms with Crippen LogP contribution in [0.1, 0.15) is 28.8 Å². The summed E-state index contributed by atoms with van der Waals surface area (Å²) in [6.07, 6.45) is 3.13. The van der Waals surface area contributed by atoms with E-state index in [1.807, 2.05) is 12.3 Å². The maximum Gasteiger partial charge on any atom is 0.409 e. The molecule has 2 aromatic carbocycles. The van der Waals surface area contributed by atoms with E-state index in [0.29, 0.717) is 27.7 Å². The van der Waals surface area contributed by atoms with Crippen LogP contribution < -0.4 is 10.6 Å². The lowest BCUT2D eigenvalue weighted by Crippen LogP contribution is -2.18. The molecule has 2 amide bonds. The van der Waals surface area contributed by atoms with Gasteiger partial charge in [0.15, 0.2) is 0 Å². The van der Waals surface area contributed by atoms with Crippen molar-refractivity contribution in [3.05, 3.63) is 76.9 Å². The Kier molecular flexibility index (Phi) is 6.68. The largest absolute Gasteiger partial charge is 0.465 e. The Morgan fingerprint density at radius 3 is 2.28 bits per heavy atom. The normalized spacial score (nSPS) is 13.7. The highest BCUT2D eigenvalue weighted by Gasteiger charge is 2.15. The topological polar surface area (TPSA) is 94.6 Å². The van der Waals surface area contributed by atoms with E-state index in [0.717, 1.165) is 30.8 Å². The lowest BCUT2D eigenvalue weighted by Gasteiger charge is -2.15. The number of carbonyl (C=O) groups excluding carboxylic acids is 1. The molecule has 0 unspecified atom stereocenters. The maximum atomic E-state index is 12.6. The molecule has 1 aromatic heterocycles. The number of nitrogens with one attached hydrogen (secondary N) is 2. The van der Waals surface area contributed by atoms with Gasteiger partial charge in [-0.1, -0.05) is 35.9 Å². The summed E-state index contributed by atoms with van der Waals surface area (Å²) in [5.41, 5.74) is 3.68. The van der Waals surface area contributed by atoms with Crippen molar-refractivity contribution in [1.29, 1.82) is 0 Å². The summed E-state index contributed by atoms with van der Waals surface area (Å²) in [5.74, 6) is -0.351. The SMILES string of the molecule is O=C(O)Nc1ccccc1NC(=O)c1ccc(-c2ncc(CN3CCCC3)cc2Cl)cc1. The molecule has 0 aliphatic carbocycles. The lowest BCUT2D eigenvalue weighted by atomic mass is 10.1. The number of hydrogen-bond donors (Lipinski definition) is 3. The smallest absolute Gasteiger partial charge is 0.409 e. The van der Waals surface area contributed by atoms with E-state index in [1.54, 1.807) is 48.5 Å². The van der Waals surface area contributed by atoms with Crippen LogP contribution in [-0.2, 0) is 6.54 Å². The number of nitrogens with zero attached hydrogens (tertiary/aromatic N) is 2. The van der Waals surface area contributed by atoms with Gasteiger partial charge in [0.1, 0.15) is 0 Å². The summed E-state index contributed by atoms with van der Waals surface area (Å²) in [7, 11) is 0. The predicted molar refractivity (Wildman–Crippen MR) is 125 cm³/mol. The van der Waals surface area contributed by atoms with Crippen molar-refractivity contribution >= 4 is 35.0 Å².